The van der Waals surface area contributed by atoms with Crippen molar-refractivity contribution in [1.29, 1.82) is 0 Å². The van der Waals surface area contributed by atoms with Crippen molar-refractivity contribution >= 4 is 34.8 Å². The second kappa shape index (κ2) is 5.09. The van der Waals surface area contributed by atoms with Gasteiger partial charge in [0.1, 0.15) is 0 Å². The Morgan fingerprint density at radius 3 is 2.25 bits per heavy atom. The van der Waals surface area contributed by atoms with E-state index < -0.39 is 0 Å². The molecule has 2 rings (SSSR count). The van der Waals surface area contributed by atoms with E-state index in [1.54, 1.807) is 6.07 Å². The summed E-state index contributed by atoms with van der Waals surface area (Å²) in [6, 6.07) is 13.5. The van der Waals surface area contributed by atoms with E-state index in [1.807, 2.05) is 36.4 Å². The SMILES string of the molecule is ClCc1cc(Cl)cc(-c2ccccc2)c1Cl. The van der Waals surface area contributed by atoms with Gasteiger partial charge in [-0.2, -0.15) is 0 Å². The Labute approximate surface area is 110 Å². The molecule has 0 unspecified atom stereocenters. The summed E-state index contributed by atoms with van der Waals surface area (Å²) in [5, 5.41) is 1.32. The third kappa shape index (κ3) is 2.35. The summed E-state index contributed by atoms with van der Waals surface area (Å²) < 4.78 is 0. The number of benzene rings is 2. The molecule has 0 heterocycles. The maximum atomic E-state index is 6.27. The largest absolute Gasteiger partial charge is 0.121 e. The maximum Gasteiger partial charge on any atom is 0.0529 e. The van der Waals surface area contributed by atoms with Crippen LogP contribution < -0.4 is 0 Å². The smallest absolute Gasteiger partial charge is 0.0529 e. The van der Waals surface area contributed by atoms with Gasteiger partial charge in [0.05, 0.1) is 5.02 Å². The van der Waals surface area contributed by atoms with Crippen LogP contribution >= 0.6 is 34.8 Å². The third-order valence-electron chi connectivity index (χ3n) is 2.34. The summed E-state index contributed by atoms with van der Waals surface area (Å²) >= 11 is 18.1. The van der Waals surface area contributed by atoms with Gasteiger partial charge in [0, 0.05) is 16.5 Å². The van der Waals surface area contributed by atoms with Gasteiger partial charge in [0.25, 0.3) is 0 Å². The van der Waals surface area contributed by atoms with Crippen molar-refractivity contribution in [3.8, 4) is 11.1 Å². The van der Waals surface area contributed by atoms with Crippen LogP contribution in [0.4, 0.5) is 0 Å². The molecule has 0 aromatic heterocycles. The highest BCUT2D eigenvalue weighted by atomic mass is 35.5. The number of rotatable bonds is 2. The lowest BCUT2D eigenvalue weighted by Gasteiger charge is -2.09. The van der Waals surface area contributed by atoms with Crippen molar-refractivity contribution in [2.45, 2.75) is 5.88 Å². The average Bonchev–Trinajstić information content (AvgIpc) is 2.33. The standard InChI is InChI=1S/C13H9Cl3/c14-8-10-6-11(15)7-12(13(10)16)9-4-2-1-3-5-9/h1-7H,8H2. The zero-order chi connectivity index (χ0) is 11.5. The molecule has 16 heavy (non-hydrogen) atoms. The molecule has 0 aliphatic carbocycles. The van der Waals surface area contributed by atoms with Crippen molar-refractivity contribution in [1.82, 2.24) is 0 Å². The first-order chi connectivity index (χ1) is 7.72. The third-order valence-corrected chi connectivity index (χ3v) is 3.29. The lowest BCUT2D eigenvalue weighted by atomic mass is 10.0. The highest BCUT2D eigenvalue weighted by Crippen LogP contribution is 2.34. The second-order valence-corrected chi connectivity index (χ2v) is 4.51. The Morgan fingerprint density at radius 2 is 1.62 bits per heavy atom. The molecule has 0 atom stereocenters. The molecule has 2 aromatic carbocycles. The van der Waals surface area contributed by atoms with Gasteiger partial charge in [0.15, 0.2) is 0 Å². The van der Waals surface area contributed by atoms with Gasteiger partial charge in [-0.3, -0.25) is 0 Å². The van der Waals surface area contributed by atoms with Crippen LogP contribution in [-0.4, -0.2) is 0 Å². The molecule has 0 aliphatic heterocycles. The number of halogens is 3. The van der Waals surface area contributed by atoms with E-state index in [9.17, 15) is 0 Å². The van der Waals surface area contributed by atoms with E-state index in [4.69, 9.17) is 34.8 Å². The zero-order valence-electron chi connectivity index (χ0n) is 8.38. The molecule has 0 saturated carbocycles. The minimum Gasteiger partial charge on any atom is -0.121 e. The maximum absolute atomic E-state index is 6.27. The van der Waals surface area contributed by atoms with E-state index in [-0.39, 0.29) is 0 Å². The summed E-state index contributed by atoms with van der Waals surface area (Å²) in [5.41, 5.74) is 2.82. The van der Waals surface area contributed by atoms with Crippen LogP contribution in [0.15, 0.2) is 42.5 Å². The summed E-state index contributed by atoms with van der Waals surface area (Å²) in [4.78, 5) is 0. The minimum absolute atomic E-state index is 0.360. The molecule has 0 nitrogen and oxygen atoms in total. The molecule has 0 N–H and O–H groups in total. The van der Waals surface area contributed by atoms with Crippen LogP contribution in [-0.2, 0) is 5.88 Å². The molecule has 0 fully saturated rings. The van der Waals surface area contributed by atoms with Gasteiger partial charge in [0.2, 0.25) is 0 Å². The van der Waals surface area contributed by atoms with E-state index in [0.29, 0.717) is 15.9 Å². The molecular weight excluding hydrogens is 263 g/mol. The first-order valence-electron chi connectivity index (χ1n) is 4.81. The van der Waals surface area contributed by atoms with Crippen LogP contribution in [0.1, 0.15) is 5.56 Å². The van der Waals surface area contributed by atoms with Crippen LogP contribution in [0, 0.1) is 0 Å². The lowest BCUT2D eigenvalue weighted by molar-refractivity contribution is 1.40. The molecule has 82 valence electrons. The predicted octanol–water partition coefficient (Wildman–Crippen LogP) is 5.40. The van der Waals surface area contributed by atoms with E-state index in [1.165, 1.54) is 0 Å². The number of hydrogen-bond acceptors (Lipinski definition) is 0. The Morgan fingerprint density at radius 1 is 0.938 bits per heavy atom. The number of alkyl halides is 1. The van der Waals surface area contributed by atoms with Crippen LogP contribution in [0.2, 0.25) is 10.0 Å². The van der Waals surface area contributed by atoms with Crippen molar-refractivity contribution in [3.05, 3.63) is 58.1 Å². The van der Waals surface area contributed by atoms with Crippen LogP contribution in [0.3, 0.4) is 0 Å². The van der Waals surface area contributed by atoms with Gasteiger partial charge in [-0.05, 0) is 23.3 Å². The van der Waals surface area contributed by atoms with Gasteiger partial charge >= 0.3 is 0 Å². The van der Waals surface area contributed by atoms with Crippen LogP contribution in [0.25, 0.3) is 11.1 Å². The summed E-state index contributed by atoms with van der Waals surface area (Å²) in [6.45, 7) is 0. The van der Waals surface area contributed by atoms with Gasteiger partial charge in [-0.15, -0.1) is 11.6 Å². The summed E-state index contributed by atoms with van der Waals surface area (Å²) in [6.07, 6.45) is 0. The minimum atomic E-state index is 0.360. The van der Waals surface area contributed by atoms with Crippen LogP contribution in [0.5, 0.6) is 0 Å². The topological polar surface area (TPSA) is 0 Å². The van der Waals surface area contributed by atoms with E-state index >= 15 is 0 Å². The van der Waals surface area contributed by atoms with Crippen molar-refractivity contribution in [2.24, 2.45) is 0 Å². The molecule has 0 radical (unpaired) electrons. The van der Waals surface area contributed by atoms with Crippen molar-refractivity contribution in [3.63, 3.8) is 0 Å². The fourth-order valence-corrected chi connectivity index (χ4v) is 2.38. The molecule has 0 amide bonds. The molecule has 0 saturated heterocycles. The fraction of sp³-hybridized carbons (Fsp3) is 0.0769. The van der Waals surface area contributed by atoms with Gasteiger partial charge in [-0.25, -0.2) is 0 Å². The zero-order valence-corrected chi connectivity index (χ0v) is 10.7. The quantitative estimate of drug-likeness (QED) is 0.642. The first kappa shape index (κ1) is 11.8. The van der Waals surface area contributed by atoms with E-state index in [2.05, 4.69) is 0 Å². The number of hydrogen-bond donors (Lipinski definition) is 0. The summed E-state index contributed by atoms with van der Waals surface area (Å²) in [5.74, 6) is 0.360. The molecular formula is C13H9Cl3. The second-order valence-electron chi connectivity index (χ2n) is 3.43. The Bertz CT molecular complexity index is 492. The van der Waals surface area contributed by atoms with Crippen molar-refractivity contribution in [2.75, 3.05) is 0 Å². The van der Waals surface area contributed by atoms with Gasteiger partial charge in [-0.1, -0.05) is 53.5 Å². The van der Waals surface area contributed by atoms with E-state index in [0.717, 1.165) is 16.7 Å². The molecule has 0 bridgehead atoms. The molecule has 0 aliphatic rings. The predicted molar refractivity (Wildman–Crippen MR) is 71.5 cm³/mol. The highest BCUT2D eigenvalue weighted by Gasteiger charge is 2.09. The molecule has 0 spiro atoms. The summed E-state index contributed by atoms with van der Waals surface area (Å²) in [7, 11) is 0. The highest BCUT2D eigenvalue weighted by molar-refractivity contribution is 6.36. The molecule has 3 heteroatoms. The fourth-order valence-electron chi connectivity index (χ4n) is 1.57. The Balaban J connectivity index is 2.61. The average molecular weight is 272 g/mol. The normalized spacial score (nSPS) is 10.4. The monoisotopic (exact) mass is 270 g/mol. The molecule has 2 aromatic rings. The Kier molecular flexibility index (Phi) is 3.75. The van der Waals surface area contributed by atoms with Gasteiger partial charge < -0.3 is 0 Å². The first-order valence-corrected chi connectivity index (χ1v) is 6.10. The van der Waals surface area contributed by atoms with Crippen molar-refractivity contribution < 1.29 is 0 Å². The lowest BCUT2D eigenvalue weighted by Crippen LogP contribution is -1.86. The Hall–Kier alpha value is -0.690.